The van der Waals surface area contributed by atoms with Crippen LogP contribution in [0.15, 0.2) is 55.4 Å². The highest BCUT2D eigenvalue weighted by Gasteiger charge is 2.36. The van der Waals surface area contributed by atoms with Crippen LogP contribution in [-0.4, -0.2) is 57.7 Å². The summed E-state index contributed by atoms with van der Waals surface area (Å²) in [5.41, 5.74) is -1.43. The van der Waals surface area contributed by atoms with E-state index in [0.717, 1.165) is 12.3 Å². The summed E-state index contributed by atoms with van der Waals surface area (Å²) in [6, 6.07) is 3.85. The molecule has 1 atom stereocenters. The lowest BCUT2D eigenvalue weighted by Gasteiger charge is -2.16. The normalized spacial score (nSPS) is 13.0. The van der Waals surface area contributed by atoms with Crippen molar-refractivity contribution in [2.45, 2.75) is 25.0 Å². The fourth-order valence-electron chi connectivity index (χ4n) is 4.31. The van der Waals surface area contributed by atoms with Gasteiger partial charge in [-0.05, 0) is 18.2 Å². The van der Waals surface area contributed by atoms with Gasteiger partial charge < -0.3 is 0 Å². The van der Waals surface area contributed by atoms with Crippen molar-refractivity contribution in [3.8, 4) is 28.2 Å². The molecule has 0 radical (unpaired) electrons. The van der Waals surface area contributed by atoms with E-state index < -0.39 is 36.7 Å². The third-order valence-corrected chi connectivity index (χ3v) is 6.53. The minimum atomic E-state index is -4.91. The molecule has 0 aliphatic carbocycles. The molecule has 1 N–H and O–H groups in total. The standard InChI is InChI=1S/C24H18ClF7N9O2/c1-38-22(33-12-35-38)14-8-34-39(9-14)16(6-7-43-24(30,31)32)17-4-2-13(10-41(17)42)20-18(5-3-15(25)21(20)26)40-11-19(36-37-40)23(27,28)29/h2-5,8-12,16,42H,6-7H2,1H3/q+1/t16-/m1/s1. The topological polar surface area (TPSA) is 113 Å². The number of rotatable bonds is 8. The van der Waals surface area contributed by atoms with E-state index in [1.165, 1.54) is 46.3 Å². The Kier molecular flexibility index (Phi) is 7.82. The Bertz CT molecular complexity index is 1760. The number of aromatic nitrogens is 9. The van der Waals surface area contributed by atoms with E-state index >= 15 is 4.39 Å². The predicted octanol–water partition coefficient (Wildman–Crippen LogP) is 4.78. The van der Waals surface area contributed by atoms with Crippen LogP contribution in [0.5, 0.6) is 0 Å². The molecule has 5 rings (SSSR count). The molecular weight excluding hydrogens is 615 g/mol. The molecule has 11 nitrogen and oxygen atoms in total. The van der Waals surface area contributed by atoms with Crippen LogP contribution >= 0.6 is 11.6 Å². The zero-order valence-corrected chi connectivity index (χ0v) is 22.3. The number of hydrogen-bond donors (Lipinski definition) is 1. The first-order valence-electron chi connectivity index (χ1n) is 12.1. The molecule has 5 aromatic rings. The Balaban J connectivity index is 1.55. The Hall–Kier alpha value is -4.58. The maximum atomic E-state index is 15.3. The number of pyridine rings is 1. The second-order valence-electron chi connectivity index (χ2n) is 9.00. The molecule has 0 spiro atoms. The molecule has 0 unspecified atom stereocenters. The molecule has 226 valence electrons. The van der Waals surface area contributed by atoms with Gasteiger partial charge in [0.1, 0.15) is 12.4 Å². The van der Waals surface area contributed by atoms with Crippen LogP contribution in [0.3, 0.4) is 0 Å². The first-order valence-corrected chi connectivity index (χ1v) is 12.4. The van der Waals surface area contributed by atoms with Crippen LogP contribution in [0.2, 0.25) is 5.02 Å². The summed E-state index contributed by atoms with van der Waals surface area (Å²) in [5.74, 6) is -0.624. The monoisotopic (exact) mass is 632 g/mol. The molecule has 43 heavy (non-hydrogen) atoms. The third-order valence-electron chi connectivity index (χ3n) is 6.24. The van der Waals surface area contributed by atoms with Gasteiger partial charge in [-0.1, -0.05) is 16.8 Å². The first-order chi connectivity index (χ1) is 20.2. The molecule has 19 heteroatoms. The number of aryl methyl sites for hydroxylation is 1. The summed E-state index contributed by atoms with van der Waals surface area (Å²) in [7, 11) is 1.63. The van der Waals surface area contributed by atoms with Gasteiger partial charge in [0.25, 0.3) is 5.69 Å². The smallest absolute Gasteiger partial charge is 0.292 e. The summed E-state index contributed by atoms with van der Waals surface area (Å²) < 4.78 is 101. The van der Waals surface area contributed by atoms with Gasteiger partial charge in [0.15, 0.2) is 17.3 Å². The zero-order valence-electron chi connectivity index (χ0n) is 21.6. The number of ether oxygens (including phenoxy) is 1. The van der Waals surface area contributed by atoms with Crippen LogP contribution in [0.25, 0.3) is 28.2 Å². The predicted molar refractivity (Wildman–Crippen MR) is 131 cm³/mol. The van der Waals surface area contributed by atoms with E-state index in [4.69, 9.17) is 11.6 Å². The number of alkyl halides is 6. The lowest BCUT2D eigenvalue weighted by Crippen LogP contribution is -2.38. The molecule has 0 fully saturated rings. The van der Waals surface area contributed by atoms with Crippen molar-refractivity contribution in [2.24, 2.45) is 7.05 Å². The second-order valence-corrected chi connectivity index (χ2v) is 9.41. The van der Waals surface area contributed by atoms with E-state index in [9.17, 15) is 31.5 Å². The average molecular weight is 633 g/mol. The summed E-state index contributed by atoms with van der Waals surface area (Å²) in [6.07, 6.45) is -4.30. The van der Waals surface area contributed by atoms with Gasteiger partial charge in [-0.15, -0.1) is 18.3 Å². The molecular formula is C24H18ClF7N9O2+. The van der Waals surface area contributed by atoms with Gasteiger partial charge in [-0.25, -0.2) is 18.7 Å². The fraction of sp³-hybridized carbons (Fsp3) is 0.250. The third kappa shape index (κ3) is 6.29. The van der Waals surface area contributed by atoms with Gasteiger partial charge in [0, 0.05) is 30.5 Å². The minimum absolute atomic E-state index is 0.00578. The van der Waals surface area contributed by atoms with E-state index in [2.05, 4.69) is 30.2 Å². The van der Waals surface area contributed by atoms with Crippen LogP contribution < -0.4 is 4.73 Å². The van der Waals surface area contributed by atoms with Crippen molar-refractivity contribution < 1.29 is 45.4 Å². The minimum Gasteiger partial charge on any atom is -0.292 e. The Morgan fingerprint density at radius 2 is 1.81 bits per heavy atom. The van der Waals surface area contributed by atoms with Crippen molar-refractivity contribution in [2.75, 3.05) is 6.61 Å². The van der Waals surface area contributed by atoms with Crippen LogP contribution in [0.4, 0.5) is 30.7 Å². The first kappa shape index (κ1) is 29.9. The molecule has 4 aromatic heterocycles. The molecule has 0 saturated carbocycles. The SMILES string of the molecule is Cn1ncnc1-c1cnn([C@H](CCOC(F)(F)F)c2ccc(-c3c(-n4cc(C(F)(F)F)nn4)ccc(Cl)c3F)c[n+]2O)c1. The van der Waals surface area contributed by atoms with Crippen LogP contribution in [-0.2, 0) is 18.0 Å². The molecule has 1 aromatic carbocycles. The second kappa shape index (κ2) is 11.3. The Morgan fingerprint density at radius 1 is 1.05 bits per heavy atom. The van der Waals surface area contributed by atoms with Gasteiger partial charge >= 0.3 is 12.5 Å². The summed E-state index contributed by atoms with van der Waals surface area (Å²) in [4.78, 5) is 4.10. The van der Waals surface area contributed by atoms with Crippen LogP contribution in [0, 0.1) is 5.82 Å². The Labute approximate surface area is 241 Å². The van der Waals surface area contributed by atoms with Gasteiger partial charge in [-0.2, -0.15) is 23.4 Å². The summed E-state index contributed by atoms with van der Waals surface area (Å²) in [5, 5.41) is 25.3. The van der Waals surface area contributed by atoms with Crippen LogP contribution in [0.1, 0.15) is 23.9 Å². The lowest BCUT2D eigenvalue weighted by molar-refractivity contribution is -0.910. The van der Waals surface area contributed by atoms with Crippen molar-refractivity contribution in [3.05, 3.63) is 77.6 Å². The summed E-state index contributed by atoms with van der Waals surface area (Å²) >= 11 is 5.95. The highest BCUT2D eigenvalue weighted by atomic mass is 35.5. The average Bonchev–Trinajstić information content (AvgIpc) is 3.69. The molecule has 0 bridgehead atoms. The number of benzene rings is 1. The van der Waals surface area contributed by atoms with Crippen molar-refractivity contribution >= 4 is 11.6 Å². The Morgan fingerprint density at radius 3 is 2.44 bits per heavy atom. The molecule has 4 heterocycles. The van der Waals surface area contributed by atoms with E-state index in [1.54, 1.807) is 7.05 Å². The quantitative estimate of drug-likeness (QED) is 0.149. The number of halogens is 8. The maximum Gasteiger partial charge on any atom is 0.522 e. The van der Waals surface area contributed by atoms with Gasteiger partial charge in [0.05, 0.1) is 46.4 Å². The van der Waals surface area contributed by atoms with E-state index in [1.807, 2.05) is 0 Å². The molecule has 0 saturated heterocycles. The maximum absolute atomic E-state index is 15.3. The van der Waals surface area contributed by atoms with Crippen molar-refractivity contribution in [3.63, 3.8) is 0 Å². The highest BCUT2D eigenvalue weighted by Crippen LogP contribution is 2.35. The van der Waals surface area contributed by atoms with E-state index in [-0.39, 0.29) is 34.0 Å². The van der Waals surface area contributed by atoms with Crippen molar-refractivity contribution in [1.29, 1.82) is 0 Å². The zero-order chi connectivity index (χ0) is 31.1. The van der Waals surface area contributed by atoms with Crippen molar-refractivity contribution in [1.82, 2.24) is 39.5 Å². The largest absolute Gasteiger partial charge is 0.522 e. The fourth-order valence-corrected chi connectivity index (χ4v) is 4.47. The highest BCUT2D eigenvalue weighted by molar-refractivity contribution is 6.31. The van der Waals surface area contributed by atoms with E-state index in [0.29, 0.717) is 27.0 Å². The molecule has 0 aliphatic rings. The molecule has 0 aliphatic heterocycles. The van der Waals surface area contributed by atoms with Gasteiger partial charge in [0.2, 0.25) is 6.20 Å². The van der Waals surface area contributed by atoms with Gasteiger partial charge in [-0.3, -0.25) is 14.6 Å². The number of hydrogen-bond acceptors (Lipinski definition) is 7. The molecule has 0 amide bonds. The summed E-state index contributed by atoms with van der Waals surface area (Å²) in [6.45, 7) is -0.810. The number of nitrogens with zero attached hydrogens (tertiary/aromatic N) is 9. The lowest BCUT2D eigenvalue weighted by atomic mass is 10.0.